The van der Waals surface area contributed by atoms with Gasteiger partial charge in [-0.3, -0.25) is 14.4 Å². The van der Waals surface area contributed by atoms with Crippen LogP contribution in [0.5, 0.6) is 0 Å². The van der Waals surface area contributed by atoms with Crippen LogP contribution in [0.15, 0.2) is 0 Å². The molecule has 6 heteroatoms. The van der Waals surface area contributed by atoms with Gasteiger partial charge in [0.05, 0.1) is 0 Å². The molecule has 0 aromatic carbocycles. The Kier molecular flexibility index (Phi) is 52.5. The second kappa shape index (κ2) is 53.8. The maximum atomic E-state index is 12.9. The molecule has 0 saturated heterocycles. The lowest BCUT2D eigenvalue weighted by Gasteiger charge is -2.18. The second-order valence-corrected chi connectivity index (χ2v) is 21.9. The molecule has 0 saturated carbocycles. The first-order valence-corrected chi connectivity index (χ1v) is 30.2. The maximum Gasteiger partial charge on any atom is 0.306 e. The Balaban J connectivity index is 4.22. The van der Waals surface area contributed by atoms with E-state index in [4.69, 9.17) is 14.2 Å². The summed E-state index contributed by atoms with van der Waals surface area (Å²) >= 11 is 0. The highest BCUT2D eigenvalue weighted by Gasteiger charge is 2.19. The van der Waals surface area contributed by atoms with E-state index >= 15 is 0 Å². The van der Waals surface area contributed by atoms with E-state index in [0.29, 0.717) is 19.3 Å². The first kappa shape index (κ1) is 65.4. The molecular weight excluding hydrogens is 829 g/mol. The second-order valence-electron chi connectivity index (χ2n) is 21.9. The van der Waals surface area contributed by atoms with Crippen LogP contribution in [0.3, 0.4) is 0 Å². The van der Waals surface area contributed by atoms with E-state index in [9.17, 15) is 14.4 Å². The third-order valence-electron chi connectivity index (χ3n) is 14.0. The quantitative estimate of drug-likeness (QED) is 0.0343. The van der Waals surface area contributed by atoms with Gasteiger partial charge in [-0.25, -0.2) is 0 Å². The Bertz CT molecular complexity index is 1020. The van der Waals surface area contributed by atoms with Gasteiger partial charge in [-0.1, -0.05) is 304 Å². The van der Waals surface area contributed by atoms with Gasteiger partial charge in [0.25, 0.3) is 0 Å². The lowest BCUT2D eigenvalue weighted by Crippen LogP contribution is -2.30. The molecule has 0 N–H and O–H groups in total. The van der Waals surface area contributed by atoms with E-state index < -0.39 is 6.10 Å². The van der Waals surface area contributed by atoms with Gasteiger partial charge in [0.15, 0.2) is 6.10 Å². The van der Waals surface area contributed by atoms with Crippen molar-refractivity contribution in [2.24, 2.45) is 11.8 Å². The summed E-state index contributed by atoms with van der Waals surface area (Å²) in [5.74, 6) is 0.866. The minimum atomic E-state index is -0.762. The molecule has 0 heterocycles. The average Bonchev–Trinajstić information content (AvgIpc) is 3.30. The van der Waals surface area contributed by atoms with Crippen molar-refractivity contribution in [3.8, 4) is 0 Å². The van der Waals surface area contributed by atoms with Gasteiger partial charge in [0.2, 0.25) is 0 Å². The molecule has 0 aromatic rings. The third kappa shape index (κ3) is 55.2. The van der Waals surface area contributed by atoms with Crippen molar-refractivity contribution in [2.45, 2.75) is 349 Å². The lowest BCUT2D eigenvalue weighted by molar-refractivity contribution is -0.167. The predicted molar refractivity (Wildman–Crippen MR) is 289 cm³/mol. The smallest absolute Gasteiger partial charge is 0.306 e. The summed E-state index contributed by atoms with van der Waals surface area (Å²) in [6.45, 7) is 11.4. The van der Waals surface area contributed by atoms with Crippen LogP contribution in [0.4, 0.5) is 0 Å². The Morgan fingerprint density at radius 2 is 0.493 bits per heavy atom. The summed E-state index contributed by atoms with van der Waals surface area (Å²) in [7, 11) is 0. The molecule has 0 bridgehead atoms. The number of hydrogen-bond acceptors (Lipinski definition) is 6. The molecule has 0 rings (SSSR count). The first-order chi connectivity index (χ1) is 32.7. The van der Waals surface area contributed by atoms with Crippen LogP contribution >= 0.6 is 0 Å². The maximum absolute atomic E-state index is 12.9. The van der Waals surface area contributed by atoms with Gasteiger partial charge < -0.3 is 14.2 Å². The Hall–Kier alpha value is -1.59. The van der Waals surface area contributed by atoms with E-state index in [1.54, 1.807) is 0 Å². The van der Waals surface area contributed by atoms with Crippen LogP contribution in [0.1, 0.15) is 343 Å². The number of rotatable bonds is 55. The fraction of sp³-hybridized carbons (Fsp3) is 0.951. The molecule has 0 aromatic heterocycles. The molecule has 0 aliphatic carbocycles. The number of hydrogen-bond donors (Lipinski definition) is 0. The van der Waals surface area contributed by atoms with Crippen LogP contribution in [0, 0.1) is 11.8 Å². The number of unbranched alkanes of at least 4 members (excludes halogenated alkanes) is 40. The van der Waals surface area contributed by atoms with Crippen molar-refractivity contribution in [1.29, 1.82) is 0 Å². The molecule has 0 aliphatic heterocycles. The Morgan fingerprint density at radius 1 is 0.284 bits per heavy atom. The van der Waals surface area contributed by atoms with E-state index in [1.165, 1.54) is 231 Å². The highest BCUT2D eigenvalue weighted by molar-refractivity contribution is 5.71. The van der Waals surface area contributed by atoms with Crippen molar-refractivity contribution in [3.05, 3.63) is 0 Å². The number of esters is 3. The van der Waals surface area contributed by atoms with Crippen LogP contribution in [0.2, 0.25) is 0 Å². The van der Waals surface area contributed by atoms with Crippen molar-refractivity contribution in [1.82, 2.24) is 0 Å². The molecule has 0 amide bonds. The normalized spacial score (nSPS) is 12.0. The van der Waals surface area contributed by atoms with Crippen LogP contribution < -0.4 is 0 Å². The van der Waals surface area contributed by atoms with Crippen LogP contribution in [0.25, 0.3) is 0 Å². The van der Waals surface area contributed by atoms with Gasteiger partial charge in [0.1, 0.15) is 13.2 Å². The summed E-state index contributed by atoms with van der Waals surface area (Å²) < 4.78 is 16.9. The minimum absolute atomic E-state index is 0.0622. The lowest BCUT2D eigenvalue weighted by atomic mass is 10.0. The fourth-order valence-corrected chi connectivity index (χ4v) is 9.40. The van der Waals surface area contributed by atoms with Crippen molar-refractivity contribution in [2.75, 3.05) is 13.2 Å². The number of carbonyl (C=O) groups is 3. The molecule has 1 atom stereocenters. The highest BCUT2D eigenvalue weighted by Crippen LogP contribution is 2.19. The largest absolute Gasteiger partial charge is 0.462 e. The molecule has 0 spiro atoms. The zero-order valence-corrected chi connectivity index (χ0v) is 46.0. The molecule has 0 fully saturated rings. The fourth-order valence-electron chi connectivity index (χ4n) is 9.40. The van der Waals surface area contributed by atoms with Gasteiger partial charge >= 0.3 is 17.9 Å². The van der Waals surface area contributed by atoms with Crippen LogP contribution in [-0.2, 0) is 28.6 Å². The van der Waals surface area contributed by atoms with Gasteiger partial charge in [-0.15, -0.1) is 0 Å². The first-order valence-electron chi connectivity index (χ1n) is 30.2. The summed E-state index contributed by atoms with van der Waals surface area (Å²) in [6, 6.07) is 0. The summed E-state index contributed by atoms with van der Waals surface area (Å²) in [4.78, 5) is 38.2. The predicted octanol–water partition coefficient (Wildman–Crippen LogP) is 20.0. The molecular formula is C61H118O6. The zero-order chi connectivity index (χ0) is 48.9. The van der Waals surface area contributed by atoms with E-state index in [0.717, 1.165) is 69.6 Å². The van der Waals surface area contributed by atoms with Gasteiger partial charge in [0, 0.05) is 19.3 Å². The molecule has 6 nitrogen and oxygen atoms in total. The van der Waals surface area contributed by atoms with Gasteiger partial charge in [-0.2, -0.15) is 0 Å². The van der Waals surface area contributed by atoms with Crippen molar-refractivity contribution >= 4 is 17.9 Å². The molecule has 0 radical (unpaired) electrons. The summed E-state index contributed by atoms with van der Waals surface area (Å²) in [6.07, 6.45) is 58.1. The van der Waals surface area contributed by atoms with Gasteiger partial charge in [-0.05, 0) is 31.1 Å². The number of carbonyl (C=O) groups excluding carboxylic acids is 3. The minimum Gasteiger partial charge on any atom is -0.462 e. The Labute approximate surface area is 418 Å². The Morgan fingerprint density at radius 3 is 0.731 bits per heavy atom. The van der Waals surface area contributed by atoms with Crippen molar-refractivity contribution in [3.63, 3.8) is 0 Å². The van der Waals surface area contributed by atoms with Crippen molar-refractivity contribution < 1.29 is 28.6 Å². The zero-order valence-electron chi connectivity index (χ0n) is 46.0. The van der Waals surface area contributed by atoms with Crippen LogP contribution in [-0.4, -0.2) is 37.2 Å². The molecule has 0 aliphatic rings. The number of ether oxygens (including phenoxy) is 3. The summed E-state index contributed by atoms with van der Waals surface area (Å²) in [5, 5.41) is 0. The SMILES string of the molecule is CCCCCCCCCCCCCC(=O)OC[C@H](COC(=O)CCCCCCCCCCCCCCCCCCCCC(C)C)OC(=O)CCCCCCCCCCCCCCCCC(C)C. The monoisotopic (exact) mass is 947 g/mol. The standard InChI is InChI=1S/C61H118O6/c1-6-7-8-9-10-11-24-31-36-41-46-51-59(62)65-54-58(67-61(64)53-48-43-38-33-28-23-19-18-21-26-30-35-40-45-50-57(4)5)55-66-60(63)52-47-42-37-32-27-22-17-15-13-12-14-16-20-25-29-34-39-44-49-56(2)3/h56-58H,6-55H2,1-5H3/t58-/m1/s1. The molecule has 398 valence electrons. The average molecular weight is 948 g/mol. The van der Waals surface area contributed by atoms with E-state index in [2.05, 4.69) is 34.6 Å². The molecule has 0 unspecified atom stereocenters. The topological polar surface area (TPSA) is 78.9 Å². The van der Waals surface area contributed by atoms with E-state index in [1.807, 2.05) is 0 Å². The third-order valence-corrected chi connectivity index (χ3v) is 14.0. The van der Waals surface area contributed by atoms with E-state index in [-0.39, 0.29) is 31.1 Å². The highest BCUT2D eigenvalue weighted by atomic mass is 16.6. The molecule has 67 heavy (non-hydrogen) atoms. The summed E-state index contributed by atoms with van der Waals surface area (Å²) in [5.41, 5.74) is 0.